The summed E-state index contributed by atoms with van der Waals surface area (Å²) in [5, 5.41) is 17.5. The van der Waals surface area contributed by atoms with Gasteiger partial charge < -0.3 is 35.4 Å². The molecule has 2 atom stereocenters. The van der Waals surface area contributed by atoms with Crippen LogP contribution in [0.4, 0.5) is 4.79 Å². The number of hydrogen-bond acceptors (Lipinski definition) is 6. The molecule has 5 rings (SSSR count). The Morgan fingerprint density at radius 3 is 2.62 bits per heavy atom. The normalized spacial score (nSPS) is 16.5. The quantitative estimate of drug-likeness (QED) is 0.100. The Labute approximate surface area is 273 Å². The van der Waals surface area contributed by atoms with Crippen LogP contribution in [0.1, 0.15) is 16.7 Å². The Hall–Kier alpha value is -5.49. The lowest BCUT2D eigenvalue weighted by atomic mass is 9.99. The van der Waals surface area contributed by atoms with E-state index in [1.165, 1.54) is 4.90 Å². The summed E-state index contributed by atoms with van der Waals surface area (Å²) in [5.41, 5.74) is 4.22. The number of aromatic hydroxyl groups is 1. The summed E-state index contributed by atoms with van der Waals surface area (Å²) in [7, 11) is 1.72. The number of hydrogen-bond donors (Lipinski definition) is 4. The van der Waals surface area contributed by atoms with Gasteiger partial charge in [0.2, 0.25) is 5.91 Å². The zero-order valence-corrected chi connectivity index (χ0v) is 26.5. The highest BCUT2D eigenvalue weighted by molar-refractivity contribution is 5.91. The zero-order valence-electron chi connectivity index (χ0n) is 26.5. The molecule has 2 unspecified atom stereocenters. The van der Waals surface area contributed by atoms with E-state index in [2.05, 4.69) is 27.2 Å². The second kappa shape index (κ2) is 15.7. The van der Waals surface area contributed by atoms with Crippen LogP contribution in [0.15, 0.2) is 96.8 Å². The molecule has 1 aromatic heterocycles. The number of phenols is 1. The molecule has 12 heteroatoms. The number of quaternary nitrogens is 1. The number of amides is 4. The molecular formula is C35H41N8O4+. The molecule has 4 aromatic rings. The first-order valence-electron chi connectivity index (χ1n) is 15.6. The van der Waals surface area contributed by atoms with Crippen LogP contribution in [-0.4, -0.2) is 87.4 Å². The topological polar surface area (TPSA) is 149 Å². The molecule has 244 valence electrons. The van der Waals surface area contributed by atoms with Crippen molar-refractivity contribution < 1.29 is 24.8 Å². The van der Waals surface area contributed by atoms with Crippen LogP contribution in [0.25, 0.3) is 11.0 Å². The fourth-order valence-corrected chi connectivity index (χ4v) is 5.79. The predicted molar refractivity (Wildman–Crippen MR) is 179 cm³/mol. The lowest BCUT2D eigenvalue weighted by Crippen LogP contribution is -2.87. The summed E-state index contributed by atoms with van der Waals surface area (Å²) < 4.78 is 1.99. The number of carbonyl (C=O) groups is 3. The number of nitrogens with zero attached hydrogens (tertiary/aromatic N) is 5. The van der Waals surface area contributed by atoms with E-state index in [1.54, 1.807) is 60.1 Å². The molecule has 47 heavy (non-hydrogen) atoms. The van der Waals surface area contributed by atoms with Crippen LogP contribution in [0.5, 0.6) is 5.75 Å². The SMILES string of the molecule is C=CC[NH2+]CC(=O)N1C(NC(=O)NCc2ccccc2)CN(Cc2cccc3c2ncn3CC=NC)C(=O)C1Cc1ccc(O)cc1. The number of imidazole rings is 1. The number of fused-ring (bicyclic) bond motifs is 1. The number of nitrogens with two attached hydrogens (primary N) is 1. The highest BCUT2D eigenvalue weighted by atomic mass is 16.3. The molecule has 2 heterocycles. The summed E-state index contributed by atoms with van der Waals surface area (Å²) in [6.07, 6.45) is 4.64. The number of aliphatic imine (C=N–C) groups is 1. The minimum absolute atomic E-state index is 0.0764. The number of rotatable bonds is 13. The Balaban J connectivity index is 1.46. The third-order valence-electron chi connectivity index (χ3n) is 8.12. The van der Waals surface area contributed by atoms with Gasteiger partial charge in [-0.3, -0.25) is 14.6 Å². The number of phenolic OH excluding ortho intramolecular Hbond substituents is 1. The van der Waals surface area contributed by atoms with Crippen LogP contribution in [-0.2, 0) is 35.6 Å². The van der Waals surface area contributed by atoms with E-state index in [1.807, 2.05) is 53.1 Å². The fraction of sp³-hybridized carbons (Fsp3) is 0.286. The van der Waals surface area contributed by atoms with Gasteiger partial charge in [-0.15, -0.1) is 0 Å². The van der Waals surface area contributed by atoms with Gasteiger partial charge in [0.05, 0.1) is 37.0 Å². The Bertz CT molecular complexity index is 1720. The summed E-state index contributed by atoms with van der Waals surface area (Å²) in [5.74, 6) is -0.424. The minimum Gasteiger partial charge on any atom is -0.508 e. The Morgan fingerprint density at radius 2 is 1.87 bits per heavy atom. The number of urea groups is 1. The molecule has 0 aliphatic carbocycles. The number of piperazine rings is 1. The van der Waals surface area contributed by atoms with E-state index in [-0.39, 0.29) is 43.6 Å². The number of para-hydroxylation sites is 1. The lowest BCUT2D eigenvalue weighted by Gasteiger charge is -2.46. The van der Waals surface area contributed by atoms with Crippen molar-refractivity contribution in [3.05, 3.63) is 108 Å². The van der Waals surface area contributed by atoms with Crippen molar-refractivity contribution in [2.45, 2.75) is 38.3 Å². The number of carbonyl (C=O) groups excluding carboxylic acids is 3. The second-order valence-electron chi connectivity index (χ2n) is 11.4. The number of aromatic nitrogens is 2. The highest BCUT2D eigenvalue weighted by Crippen LogP contribution is 2.25. The van der Waals surface area contributed by atoms with Crippen molar-refractivity contribution in [1.29, 1.82) is 0 Å². The highest BCUT2D eigenvalue weighted by Gasteiger charge is 2.44. The molecule has 1 saturated heterocycles. The standard InChI is InChI=1S/C35H40N8O4/c1-3-16-37-21-32(45)43-30(19-25-12-14-28(44)15-13-25)34(46)42(23-31(43)40-35(47)38-20-26-8-5-4-6-9-26)22-27-10-7-11-29-33(27)39-24-41(29)18-17-36-2/h3-15,17,24,30-31,37,44H,1,16,18-23H2,2H3,(H2,38,40,47)/p+1. The van der Waals surface area contributed by atoms with Gasteiger partial charge >= 0.3 is 6.03 Å². The smallest absolute Gasteiger partial charge is 0.316 e. The molecule has 1 fully saturated rings. The van der Waals surface area contributed by atoms with E-state index >= 15 is 0 Å². The molecule has 4 amide bonds. The molecule has 0 radical (unpaired) electrons. The van der Waals surface area contributed by atoms with Gasteiger partial charge in [-0.05, 0) is 41.0 Å². The summed E-state index contributed by atoms with van der Waals surface area (Å²) in [4.78, 5) is 53.4. The molecule has 0 spiro atoms. The minimum atomic E-state index is -0.908. The van der Waals surface area contributed by atoms with E-state index in [9.17, 15) is 19.5 Å². The van der Waals surface area contributed by atoms with Gasteiger partial charge in [0, 0.05) is 32.8 Å². The Kier molecular flexibility index (Phi) is 11.0. The van der Waals surface area contributed by atoms with Gasteiger partial charge in [-0.25, -0.2) is 9.78 Å². The first kappa shape index (κ1) is 32.9. The zero-order chi connectivity index (χ0) is 33.2. The maximum absolute atomic E-state index is 14.4. The van der Waals surface area contributed by atoms with Crippen molar-refractivity contribution in [2.24, 2.45) is 4.99 Å². The Morgan fingerprint density at radius 1 is 1.09 bits per heavy atom. The summed E-state index contributed by atoms with van der Waals surface area (Å²) in [6, 6.07) is 20.6. The van der Waals surface area contributed by atoms with E-state index in [0.29, 0.717) is 19.6 Å². The van der Waals surface area contributed by atoms with Crippen LogP contribution in [0.2, 0.25) is 0 Å². The first-order chi connectivity index (χ1) is 22.9. The third-order valence-corrected chi connectivity index (χ3v) is 8.12. The third kappa shape index (κ3) is 8.22. The maximum Gasteiger partial charge on any atom is 0.316 e. The van der Waals surface area contributed by atoms with E-state index < -0.39 is 18.2 Å². The largest absolute Gasteiger partial charge is 0.508 e. The monoisotopic (exact) mass is 637 g/mol. The van der Waals surface area contributed by atoms with Crippen LogP contribution in [0, 0.1) is 0 Å². The second-order valence-corrected chi connectivity index (χ2v) is 11.4. The maximum atomic E-state index is 14.4. The predicted octanol–water partition coefficient (Wildman–Crippen LogP) is 1.80. The fourth-order valence-electron chi connectivity index (χ4n) is 5.79. The molecule has 3 aromatic carbocycles. The molecular weight excluding hydrogens is 596 g/mol. The molecule has 1 aliphatic rings. The average molecular weight is 638 g/mol. The molecule has 0 bridgehead atoms. The van der Waals surface area contributed by atoms with Gasteiger partial charge in [0.25, 0.3) is 5.91 Å². The van der Waals surface area contributed by atoms with E-state index in [4.69, 9.17) is 0 Å². The van der Waals surface area contributed by atoms with Crippen molar-refractivity contribution in [3.8, 4) is 5.75 Å². The van der Waals surface area contributed by atoms with Gasteiger partial charge in [0.15, 0.2) is 6.54 Å². The molecule has 12 nitrogen and oxygen atoms in total. The van der Waals surface area contributed by atoms with Crippen molar-refractivity contribution in [3.63, 3.8) is 0 Å². The number of nitrogens with one attached hydrogen (secondary N) is 2. The number of benzene rings is 3. The molecule has 1 aliphatic heterocycles. The van der Waals surface area contributed by atoms with Crippen LogP contribution >= 0.6 is 0 Å². The van der Waals surface area contributed by atoms with Gasteiger partial charge in [-0.2, -0.15) is 0 Å². The van der Waals surface area contributed by atoms with E-state index in [0.717, 1.165) is 27.7 Å². The lowest BCUT2D eigenvalue weighted by molar-refractivity contribution is -0.635. The van der Waals surface area contributed by atoms with Crippen molar-refractivity contribution >= 4 is 35.1 Å². The van der Waals surface area contributed by atoms with Gasteiger partial charge in [-0.1, -0.05) is 61.2 Å². The van der Waals surface area contributed by atoms with Crippen molar-refractivity contribution in [2.75, 3.05) is 26.7 Å². The average Bonchev–Trinajstić information content (AvgIpc) is 3.50. The van der Waals surface area contributed by atoms with Gasteiger partial charge in [0.1, 0.15) is 18.0 Å². The summed E-state index contributed by atoms with van der Waals surface area (Å²) >= 11 is 0. The molecule has 0 saturated carbocycles. The van der Waals surface area contributed by atoms with Crippen molar-refractivity contribution in [1.82, 2.24) is 30.0 Å². The van der Waals surface area contributed by atoms with Crippen LogP contribution in [0.3, 0.4) is 0 Å². The molecule has 5 N–H and O–H groups in total. The first-order valence-corrected chi connectivity index (χ1v) is 15.6. The van der Waals surface area contributed by atoms with Crippen LogP contribution < -0.4 is 16.0 Å². The summed E-state index contributed by atoms with van der Waals surface area (Å²) in [6.45, 7) is 5.51.